The van der Waals surface area contributed by atoms with Crippen molar-refractivity contribution in [2.24, 2.45) is 17.3 Å². The van der Waals surface area contributed by atoms with Crippen LogP contribution in [0.5, 0.6) is 5.75 Å². The zero-order chi connectivity index (χ0) is 14.8. The van der Waals surface area contributed by atoms with Crippen LogP contribution in [0.1, 0.15) is 49.7 Å². The van der Waals surface area contributed by atoms with Crippen molar-refractivity contribution in [1.29, 1.82) is 0 Å². The van der Waals surface area contributed by atoms with Crippen molar-refractivity contribution < 1.29 is 15.0 Å². The van der Waals surface area contributed by atoms with Crippen molar-refractivity contribution in [3.63, 3.8) is 0 Å². The van der Waals surface area contributed by atoms with Crippen LogP contribution in [-0.2, 0) is 11.2 Å². The lowest BCUT2D eigenvalue weighted by atomic mass is 9.55. The van der Waals surface area contributed by atoms with Crippen molar-refractivity contribution in [1.82, 2.24) is 0 Å². The molecule has 0 amide bonds. The second-order valence-corrected chi connectivity index (χ2v) is 7.40. The molecule has 112 valence electrons. The van der Waals surface area contributed by atoms with E-state index in [2.05, 4.69) is 6.92 Å². The molecule has 21 heavy (non-hydrogen) atoms. The minimum atomic E-state index is -0.461. The molecule has 0 radical (unpaired) electrons. The van der Waals surface area contributed by atoms with Gasteiger partial charge in [0, 0.05) is 17.8 Å². The molecule has 2 saturated carbocycles. The molecule has 3 aliphatic carbocycles. The second-order valence-electron chi connectivity index (χ2n) is 7.40. The molecule has 5 atom stereocenters. The van der Waals surface area contributed by atoms with E-state index in [1.807, 2.05) is 12.1 Å². The number of benzene rings is 1. The Morgan fingerprint density at radius 1 is 1.29 bits per heavy atom. The average molecular weight is 286 g/mol. The SMILES string of the molecule is C[C@]12CC[C@@H]3c4ccc(O)cc4CC[C@H]3[C@@H]1C(=O)CC2O. The summed E-state index contributed by atoms with van der Waals surface area (Å²) in [6.07, 6.45) is 3.77. The summed E-state index contributed by atoms with van der Waals surface area (Å²) in [5.74, 6) is 1.41. The van der Waals surface area contributed by atoms with Gasteiger partial charge in [-0.25, -0.2) is 0 Å². The van der Waals surface area contributed by atoms with E-state index in [1.165, 1.54) is 11.1 Å². The Morgan fingerprint density at radius 2 is 2.10 bits per heavy atom. The molecular formula is C18H22O3. The first-order valence-electron chi connectivity index (χ1n) is 8.03. The van der Waals surface area contributed by atoms with Gasteiger partial charge in [-0.05, 0) is 60.8 Å². The van der Waals surface area contributed by atoms with Gasteiger partial charge in [-0.15, -0.1) is 0 Å². The predicted molar refractivity (Wildman–Crippen MR) is 79.1 cm³/mol. The highest BCUT2D eigenvalue weighted by Crippen LogP contribution is 2.59. The lowest BCUT2D eigenvalue weighted by Gasteiger charge is -2.49. The molecule has 0 saturated heterocycles. The third-order valence-electron chi connectivity index (χ3n) is 6.43. The molecule has 1 aromatic carbocycles. The Bertz CT molecular complexity index is 608. The van der Waals surface area contributed by atoms with Crippen LogP contribution < -0.4 is 0 Å². The summed E-state index contributed by atoms with van der Waals surface area (Å²) in [7, 11) is 0. The number of Topliss-reactive ketones (excluding diaryl/α,β-unsaturated/α-hetero) is 1. The van der Waals surface area contributed by atoms with E-state index in [0.29, 0.717) is 24.0 Å². The molecule has 1 unspecified atom stereocenters. The zero-order valence-corrected chi connectivity index (χ0v) is 12.4. The number of aromatic hydroxyl groups is 1. The van der Waals surface area contributed by atoms with Gasteiger partial charge in [0.15, 0.2) is 0 Å². The van der Waals surface area contributed by atoms with Crippen LogP contribution >= 0.6 is 0 Å². The highest BCUT2D eigenvalue weighted by atomic mass is 16.3. The summed E-state index contributed by atoms with van der Waals surface area (Å²) in [5, 5.41) is 20.0. The van der Waals surface area contributed by atoms with E-state index in [4.69, 9.17) is 0 Å². The molecule has 2 fully saturated rings. The van der Waals surface area contributed by atoms with Crippen LogP contribution in [-0.4, -0.2) is 22.1 Å². The summed E-state index contributed by atoms with van der Waals surface area (Å²) in [6.45, 7) is 2.11. The Hall–Kier alpha value is -1.35. The third kappa shape index (κ3) is 1.73. The summed E-state index contributed by atoms with van der Waals surface area (Å²) >= 11 is 0. The van der Waals surface area contributed by atoms with E-state index in [-0.39, 0.29) is 17.1 Å². The molecule has 0 heterocycles. The molecule has 3 aliphatic rings. The Labute approximate surface area is 125 Å². The molecule has 0 spiro atoms. The maximum absolute atomic E-state index is 12.4. The van der Waals surface area contributed by atoms with E-state index in [0.717, 1.165) is 25.7 Å². The van der Waals surface area contributed by atoms with Crippen LogP contribution in [0.4, 0.5) is 0 Å². The number of phenols is 1. The van der Waals surface area contributed by atoms with Crippen molar-refractivity contribution >= 4 is 5.78 Å². The van der Waals surface area contributed by atoms with Crippen LogP contribution in [0, 0.1) is 17.3 Å². The van der Waals surface area contributed by atoms with Gasteiger partial charge in [-0.1, -0.05) is 13.0 Å². The van der Waals surface area contributed by atoms with Crippen molar-refractivity contribution in [2.75, 3.05) is 0 Å². The standard InChI is InChI=1S/C18H22O3/c1-18-7-6-13-12-5-3-11(19)8-10(12)2-4-14(13)17(18)15(20)9-16(18)21/h3,5,8,13-14,16-17,19,21H,2,4,6-7,9H2,1H3/t13-,14-,16?,17-,18-/m1/s1. The van der Waals surface area contributed by atoms with Crippen molar-refractivity contribution in [3.8, 4) is 5.75 Å². The fourth-order valence-electron chi connectivity index (χ4n) is 5.34. The fourth-order valence-corrected chi connectivity index (χ4v) is 5.34. The molecule has 3 nitrogen and oxygen atoms in total. The lowest BCUT2D eigenvalue weighted by Crippen LogP contribution is -2.45. The molecule has 3 heteroatoms. The zero-order valence-electron chi connectivity index (χ0n) is 12.4. The first kappa shape index (κ1) is 13.3. The van der Waals surface area contributed by atoms with Gasteiger partial charge in [-0.3, -0.25) is 4.79 Å². The fraction of sp³-hybridized carbons (Fsp3) is 0.611. The topological polar surface area (TPSA) is 57.5 Å². The van der Waals surface area contributed by atoms with Gasteiger partial charge >= 0.3 is 0 Å². The number of fused-ring (bicyclic) bond motifs is 5. The third-order valence-corrected chi connectivity index (χ3v) is 6.43. The number of carbonyl (C=O) groups excluding carboxylic acids is 1. The number of carbonyl (C=O) groups is 1. The number of hydrogen-bond acceptors (Lipinski definition) is 3. The van der Waals surface area contributed by atoms with Crippen LogP contribution in [0.3, 0.4) is 0 Å². The van der Waals surface area contributed by atoms with E-state index in [1.54, 1.807) is 6.07 Å². The molecule has 4 rings (SSSR count). The summed E-state index contributed by atoms with van der Waals surface area (Å²) in [5.41, 5.74) is 2.35. The molecule has 1 aromatic rings. The Balaban J connectivity index is 1.75. The van der Waals surface area contributed by atoms with Crippen molar-refractivity contribution in [2.45, 2.75) is 51.0 Å². The second kappa shape index (κ2) is 4.33. The number of hydrogen-bond donors (Lipinski definition) is 2. The maximum atomic E-state index is 12.4. The number of rotatable bonds is 0. The number of aliphatic hydroxyl groups is 1. The summed E-state index contributed by atoms with van der Waals surface area (Å²) in [6, 6.07) is 5.69. The van der Waals surface area contributed by atoms with Gasteiger partial charge in [0.05, 0.1) is 6.10 Å². The summed E-state index contributed by atoms with van der Waals surface area (Å²) in [4.78, 5) is 12.4. The first-order chi connectivity index (χ1) is 10.0. The highest BCUT2D eigenvalue weighted by molar-refractivity contribution is 5.86. The van der Waals surface area contributed by atoms with Gasteiger partial charge in [0.25, 0.3) is 0 Å². The minimum absolute atomic E-state index is 0.0215. The summed E-state index contributed by atoms with van der Waals surface area (Å²) < 4.78 is 0. The minimum Gasteiger partial charge on any atom is -0.508 e. The van der Waals surface area contributed by atoms with Gasteiger partial charge in [-0.2, -0.15) is 0 Å². The van der Waals surface area contributed by atoms with Crippen LogP contribution in [0.25, 0.3) is 0 Å². The molecule has 0 bridgehead atoms. The molecular weight excluding hydrogens is 264 g/mol. The number of ketones is 1. The Morgan fingerprint density at radius 3 is 2.90 bits per heavy atom. The quantitative estimate of drug-likeness (QED) is 0.771. The molecule has 2 N–H and O–H groups in total. The van der Waals surface area contributed by atoms with Crippen LogP contribution in [0.2, 0.25) is 0 Å². The van der Waals surface area contributed by atoms with E-state index in [9.17, 15) is 15.0 Å². The maximum Gasteiger partial charge on any atom is 0.139 e. The molecule has 0 aromatic heterocycles. The smallest absolute Gasteiger partial charge is 0.139 e. The number of aryl methyl sites for hydroxylation is 1. The normalized spacial score (nSPS) is 41.3. The monoisotopic (exact) mass is 286 g/mol. The van der Waals surface area contributed by atoms with Gasteiger partial charge < -0.3 is 10.2 Å². The Kier molecular flexibility index (Phi) is 2.74. The largest absolute Gasteiger partial charge is 0.508 e. The van der Waals surface area contributed by atoms with E-state index >= 15 is 0 Å². The molecule has 0 aliphatic heterocycles. The van der Waals surface area contributed by atoms with Crippen molar-refractivity contribution in [3.05, 3.63) is 29.3 Å². The van der Waals surface area contributed by atoms with Crippen LogP contribution in [0.15, 0.2) is 18.2 Å². The lowest BCUT2D eigenvalue weighted by molar-refractivity contribution is -0.126. The number of phenolic OH excluding ortho intramolecular Hbond substituents is 1. The first-order valence-corrected chi connectivity index (χ1v) is 8.03. The average Bonchev–Trinajstić information content (AvgIpc) is 2.68. The number of aliphatic hydroxyl groups excluding tert-OH is 1. The highest BCUT2D eigenvalue weighted by Gasteiger charge is 2.58. The van der Waals surface area contributed by atoms with Gasteiger partial charge in [0.2, 0.25) is 0 Å². The van der Waals surface area contributed by atoms with E-state index < -0.39 is 6.10 Å². The van der Waals surface area contributed by atoms with Gasteiger partial charge in [0.1, 0.15) is 11.5 Å². The predicted octanol–water partition coefficient (Wildman–Crippen LogP) is 2.79.